The van der Waals surface area contributed by atoms with Gasteiger partial charge in [-0.1, -0.05) is 26.2 Å². The zero-order chi connectivity index (χ0) is 16.1. The Bertz CT molecular complexity index is 506. The Morgan fingerprint density at radius 1 is 1.26 bits per heavy atom. The second-order valence-corrected chi connectivity index (χ2v) is 7.37. The van der Waals surface area contributed by atoms with Crippen molar-refractivity contribution in [1.29, 1.82) is 0 Å². The molecule has 4 nitrogen and oxygen atoms in total. The molecule has 1 aromatic heterocycles. The third-order valence-electron chi connectivity index (χ3n) is 5.56. The third kappa shape index (κ3) is 4.15. The van der Waals surface area contributed by atoms with Crippen molar-refractivity contribution in [2.45, 2.75) is 77.2 Å². The average Bonchev–Trinajstić information content (AvgIpc) is 2.99. The Hall–Kier alpha value is -1.32. The first-order valence-corrected chi connectivity index (χ1v) is 9.56. The van der Waals surface area contributed by atoms with Gasteiger partial charge in [-0.05, 0) is 38.0 Å². The van der Waals surface area contributed by atoms with Crippen LogP contribution in [-0.2, 0) is 11.3 Å². The van der Waals surface area contributed by atoms with Gasteiger partial charge >= 0.3 is 0 Å². The molecule has 0 bridgehead atoms. The minimum absolute atomic E-state index is 0.347. The smallest absolute Gasteiger partial charge is 0.222 e. The summed E-state index contributed by atoms with van der Waals surface area (Å²) in [7, 11) is 0. The number of nitrogens with zero attached hydrogens (tertiary/aromatic N) is 3. The van der Waals surface area contributed by atoms with Gasteiger partial charge in [0.1, 0.15) is 5.82 Å². The fraction of sp³-hybridized carbons (Fsp3) is 0.789. The Labute approximate surface area is 140 Å². The molecule has 2 heterocycles. The van der Waals surface area contributed by atoms with Crippen LogP contribution in [0.2, 0.25) is 0 Å². The van der Waals surface area contributed by atoms with Gasteiger partial charge in [-0.25, -0.2) is 4.98 Å². The molecular formula is C19H31N3O. The fourth-order valence-electron chi connectivity index (χ4n) is 3.89. The lowest BCUT2D eigenvalue weighted by molar-refractivity contribution is -0.132. The maximum atomic E-state index is 12.4. The predicted octanol–water partition coefficient (Wildman–Crippen LogP) is 3.97. The van der Waals surface area contributed by atoms with Crippen molar-refractivity contribution >= 4 is 5.91 Å². The van der Waals surface area contributed by atoms with E-state index in [4.69, 9.17) is 0 Å². The normalized spacial score (nSPS) is 22.1. The molecule has 1 aliphatic carbocycles. The lowest BCUT2D eigenvalue weighted by Gasteiger charge is -2.34. The molecule has 0 spiro atoms. The first-order valence-electron chi connectivity index (χ1n) is 9.56. The Balaban J connectivity index is 1.57. The predicted molar refractivity (Wildman–Crippen MR) is 92.3 cm³/mol. The van der Waals surface area contributed by atoms with E-state index in [0.29, 0.717) is 11.8 Å². The maximum absolute atomic E-state index is 12.4. The van der Waals surface area contributed by atoms with E-state index in [1.165, 1.54) is 37.9 Å². The van der Waals surface area contributed by atoms with Crippen LogP contribution < -0.4 is 0 Å². The van der Waals surface area contributed by atoms with Crippen LogP contribution >= 0.6 is 0 Å². The highest BCUT2D eigenvalue weighted by Crippen LogP contribution is 2.31. The quantitative estimate of drug-likeness (QED) is 0.714. The number of aromatic nitrogens is 2. The number of piperidine rings is 1. The molecule has 1 atom stereocenters. The van der Waals surface area contributed by atoms with E-state index >= 15 is 0 Å². The van der Waals surface area contributed by atoms with E-state index in [2.05, 4.69) is 27.6 Å². The molecule has 0 unspecified atom stereocenters. The van der Waals surface area contributed by atoms with Gasteiger partial charge in [-0.3, -0.25) is 4.79 Å². The highest BCUT2D eigenvalue weighted by Gasteiger charge is 2.28. The maximum Gasteiger partial charge on any atom is 0.222 e. The molecule has 4 heteroatoms. The van der Waals surface area contributed by atoms with Crippen LogP contribution in [0, 0.1) is 5.92 Å². The topological polar surface area (TPSA) is 38.1 Å². The first-order chi connectivity index (χ1) is 11.3. The zero-order valence-electron chi connectivity index (χ0n) is 14.5. The van der Waals surface area contributed by atoms with E-state index in [-0.39, 0.29) is 0 Å². The van der Waals surface area contributed by atoms with Gasteiger partial charge in [0.2, 0.25) is 5.91 Å². The number of rotatable bonds is 7. The standard InChI is InChI=1S/C19H31N3O/c1-2-3-4-10-18(23)21-12-6-9-17(15-21)19-20-11-13-22(19)14-16-7-5-8-16/h11,13,16-17H,2-10,12,14-15H2,1H3/t17-/m1/s1. The average molecular weight is 317 g/mol. The van der Waals surface area contributed by atoms with Crippen LogP contribution in [0.15, 0.2) is 12.4 Å². The molecular weight excluding hydrogens is 286 g/mol. The van der Waals surface area contributed by atoms with Gasteiger partial charge in [0.25, 0.3) is 0 Å². The molecule has 1 saturated carbocycles. The highest BCUT2D eigenvalue weighted by atomic mass is 16.2. The van der Waals surface area contributed by atoms with Gasteiger partial charge in [0, 0.05) is 44.4 Å². The molecule has 1 amide bonds. The van der Waals surface area contributed by atoms with E-state index in [1.807, 2.05) is 6.20 Å². The van der Waals surface area contributed by atoms with E-state index in [1.54, 1.807) is 0 Å². The first kappa shape index (κ1) is 16.5. The second kappa shape index (κ2) is 7.98. The molecule has 1 aliphatic heterocycles. The minimum atomic E-state index is 0.347. The monoisotopic (exact) mass is 317 g/mol. The van der Waals surface area contributed by atoms with Gasteiger partial charge < -0.3 is 9.47 Å². The van der Waals surface area contributed by atoms with Crippen molar-refractivity contribution in [2.75, 3.05) is 13.1 Å². The molecule has 1 saturated heterocycles. The van der Waals surface area contributed by atoms with Crippen molar-refractivity contribution in [1.82, 2.24) is 14.5 Å². The van der Waals surface area contributed by atoms with Gasteiger partial charge in [0.15, 0.2) is 0 Å². The lowest BCUT2D eigenvalue weighted by Crippen LogP contribution is -2.39. The zero-order valence-corrected chi connectivity index (χ0v) is 14.5. The fourth-order valence-corrected chi connectivity index (χ4v) is 3.89. The number of unbranched alkanes of at least 4 members (excludes halogenated alkanes) is 2. The molecule has 2 aliphatic rings. The van der Waals surface area contributed by atoms with Crippen molar-refractivity contribution < 1.29 is 4.79 Å². The molecule has 3 rings (SSSR count). The Morgan fingerprint density at radius 2 is 2.13 bits per heavy atom. The number of imidazole rings is 1. The number of amides is 1. The summed E-state index contributed by atoms with van der Waals surface area (Å²) in [5.74, 6) is 2.83. The molecule has 23 heavy (non-hydrogen) atoms. The third-order valence-corrected chi connectivity index (χ3v) is 5.56. The molecule has 0 aromatic carbocycles. The summed E-state index contributed by atoms with van der Waals surface area (Å²) in [6, 6.07) is 0. The second-order valence-electron chi connectivity index (χ2n) is 7.37. The van der Waals surface area contributed by atoms with Crippen molar-refractivity contribution in [3.05, 3.63) is 18.2 Å². The van der Waals surface area contributed by atoms with E-state index in [0.717, 1.165) is 51.2 Å². The molecule has 0 radical (unpaired) electrons. The van der Waals surface area contributed by atoms with Crippen LogP contribution in [0.25, 0.3) is 0 Å². The summed E-state index contributed by atoms with van der Waals surface area (Å²) in [6.07, 6.45) is 14.6. The van der Waals surface area contributed by atoms with Gasteiger partial charge in [0.05, 0.1) is 0 Å². The largest absolute Gasteiger partial charge is 0.342 e. The molecule has 2 fully saturated rings. The SMILES string of the molecule is CCCCCC(=O)N1CCC[C@@H](c2nccn2CC2CCC2)C1. The molecule has 0 N–H and O–H groups in total. The number of carbonyl (C=O) groups is 1. The van der Waals surface area contributed by atoms with E-state index in [9.17, 15) is 4.79 Å². The minimum Gasteiger partial charge on any atom is -0.342 e. The summed E-state index contributed by atoms with van der Waals surface area (Å²) in [5.41, 5.74) is 0. The lowest BCUT2D eigenvalue weighted by atomic mass is 9.85. The Morgan fingerprint density at radius 3 is 2.87 bits per heavy atom. The van der Waals surface area contributed by atoms with Crippen LogP contribution in [0.3, 0.4) is 0 Å². The van der Waals surface area contributed by atoms with Crippen LogP contribution in [-0.4, -0.2) is 33.4 Å². The van der Waals surface area contributed by atoms with Gasteiger partial charge in [-0.2, -0.15) is 0 Å². The van der Waals surface area contributed by atoms with Gasteiger partial charge in [-0.15, -0.1) is 0 Å². The van der Waals surface area contributed by atoms with Crippen LogP contribution in [0.4, 0.5) is 0 Å². The summed E-state index contributed by atoms with van der Waals surface area (Å²) >= 11 is 0. The van der Waals surface area contributed by atoms with Crippen LogP contribution in [0.5, 0.6) is 0 Å². The molecule has 1 aromatic rings. The molecule has 128 valence electrons. The Kier molecular flexibility index (Phi) is 5.74. The summed E-state index contributed by atoms with van der Waals surface area (Å²) in [5, 5.41) is 0. The number of hydrogen-bond acceptors (Lipinski definition) is 2. The summed E-state index contributed by atoms with van der Waals surface area (Å²) < 4.78 is 2.36. The van der Waals surface area contributed by atoms with E-state index < -0.39 is 0 Å². The van der Waals surface area contributed by atoms with Crippen molar-refractivity contribution in [3.8, 4) is 0 Å². The van der Waals surface area contributed by atoms with Crippen molar-refractivity contribution in [2.24, 2.45) is 5.92 Å². The highest BCUT2D eigenvalue weighted by molar-refractivity contribution is 5.76. The number of carbonyl (C=O) groups excluding carboxylic acids is 1. The van der Waals surface area contributed by atoms with Crippen molar-refractivity contribution in [3.63, 3.8) is 0 Å². The van der Waals surface area contributed by atoms with Crippen LogP contribution in [0.1, 0.15) is 76.5 Å². The summed E-state index contributed by atoms with van der Waals surface area (Å²) in [6.45, 7) is 5.11. The number of likely N-dealkylation sites (tertiary alicyclic amines) is 1. The summed E-state index contributed by atoms with van der Waals surface area (Å²) in [4.78, 5) is 19.1. The number of hydrogen-bond donors (Lipinski definition) is 0.